The van der Waals surface area contributed by atoms with Gasteiger partial charge in [0.05, 0.1) is 12.2 Å². The number of hydrogen-bond acceptors (Lipinski definition) is 9. The normalized spacial score (nSPS) is 11.0. The summed E-state index contributed by atoms with van der Waals surface area (Å²) in [7, 11) is 0. The first kappa shape index (κ1) is 26.3. The van der Waals surface area contributed by atoms with Gasteiger partial charge in [0.15, 0.2) is 0 Å². The van der Waals surface area contributed by atoms with Gasteiger partial charge < -0.3 is 14.3 Å². The second-order valence-corrected chi connectivity index (χ2v) is 9.94. The molecule has 2 heterocycles. The van der Waals surface area contributed by atoms with Crippen molar-refractivity contribution < 1.29 is 19.1 Å². The highest BCUT2D eigenvalue weighted by atomic mass is 32.1. The van der Waals surface area contributed by atoms with Crippen LogP contribution in [0.25, 0.3) is 43.3 Å². The van der Waals surface area contributed by atoms with E-state index < -0.39 is 5.97 Å². The van der Waals surface area contributed by atoms with Gasteiger partial charge in [0, 0.05) is 17.7 Å². The Kier molecular flexibility index (Phi) is 7.74. The SMILES string of the molecule is CCOCCOc1ccc(-c2ccc(-c3nnc(-c4ccc(C(=O)On5nnc6ccccc65)cc4)s3)cc2)cc1. The molecule has 0 atom stereocenters. The molecule has 0 aliphatic heterocycles. The van der Waals surface area contributed by atoms with E-state index in [4.69, 9.17) is 14.3 Å². The number of fused-ring (bicyclic) bond motifs is 1. The summed E-state index contributed by atoms with van der Waals surface area (Å²) in [6, 6.07) is 30.5. The molecule has 2 aromatic heterocycles. The maximum absolute atomic E-state index is 12.7. The molecule has 0 spiro atoms. The molecular formula is C31H25N5O4S. The smallest absolute Gasteiger partial charge is 0.365 e. The van der Waals surface area contributed by atoms with Crippen LogP contribution in [0.3, 0.4) is 0 Å². The summed E-state index contributed by atoms with van der Waals surface area (Å²) in [6.45, 7) is 3.76. The van der Waals surface area contributed by atoms with Crippen molar-refractivity contribution in [1.82, 2.24) is 25.4 Å². The molecule has 9 nitrogen and oxygen atoms in total. The summed E-state index contributed by atoms with van der Waals surface area (Å²) in [4.78, 5) is 19.2. The number of ether oxygens (including phenoxy) is 2. The van der Waals surface area contributed by atoms with E-state index >= 15 is 0 Å². The maximum atomic E-state index is 12.7. The third-order valence-electron chi connectivity index (χ3n) is 6.30. The van der Waals surface area contributed by atoms with E-state index in [-0.39, 0.29) is 0 Å². The van der Waals surface area contributed by atoms with Crippen molar-refractivity contribution >= 4 is 28.3 Å². The van der Waals surface area contributed by atoms with Gasteiger partial charge in [-0.25, -0.2) is 4.79 Å². The summed E-state index contributed by atoms with van der Waals surface area (Å²) >= 11 is 1.49. The standard InChI is InChI=1S/C31H25N5O4S/c1-2-38-19-20-39-26-17-15-22(16-18-26)21-7-9-23(10-8-21)29-33-34-30(41-29)24-11-13-25(14-12-24)31(37)40-36-28-6-4-3-5-27(28)32-35-36/h3-18H,2,19-20H2,1H3. The van der Waals surface area contributed by atoms with Crippen molar-refractivity contribution in [1.29, 1.82) is 0 Å². The summed E-state index contributed by atoms with van der Waals surface area (Å²) < 4.78 is 11.0. The average Bonchev–Trinajstić information content (AvgIpc) is 3.68. The van der Waals surface area contributed by atoms with Crippen molar-refractivity contribution in [2.45, 2.75) is 6.92 Å². The molecule has 0 aliphatic carbocycles. The zero-order chi connectivity index (χ0) is 28.0. The molecular weight excluding hydrogens is 538 g/mol. The largest absolute Gasteiger partial charge is 0.491 e. The van der Waals surface area contributed by atoms with Crippen LogP contribution in [0, 0.1) is 0 Å². The molecule has 0 bridgehead atoms. The molecule has 0 saturated heterocycles. The Morgan fingerprint density at radius 1 is 0.732 bits per heavy atom. The third kappa shape index (κ3) is 5.98. The van der Waals surface area contributed by atoms with Gasteiger partial charge in [-0.1, -0.05) is 76.8 Å². The predicted molar refractivity (Wildman–Crippen MR) is 157 cm³/mol. The van der Waals surface area contributed by atoms with Crippen LogP contribution in [0.5, 0.6) is 5.75 Å². The molecule has 6 rings (SSSR count). The molecule has 0 unspecified atom stereocenters. The zero-order valence-electron chi connectivity index (χ0n) is 22.1. The Morgan fingerprint density at radius 3 is 2.02 bits per heavy atom. The highest BCUT2D eigenvalue weighted by Gasteiger charge is 2.14. The van der Waals surface area contributed by atoms with Crippen LogP contribution in [0.15, 0.2) is 97.1 Å². The van der Waals surface area contributed by atoms with Gasteiger partial charge in [-0.05, 0) is 59.7 Å². The highest BCUT2D eigenvalue weighted by Crippen LogP contribution is 2.32. The molecule has 4 aromatic carbocycles. The Bertz CT molecular complexity index is 1760. The topological polar surface area (TPSA) is 101 Å². The number of carbonyl (C=O) groups excluding carboxylic acids is 1. The quantitative estimate of drug-likeness (QED) is 0.148. The minimum absolute atomic E-state index is 0.388. The molecule has 10 heteroatoms. The van der Waals surface area contributed by atoms with Gasteiger partial charge in [0.25, 0.3) is 0 Å². The summed E-state index contributed by atoms with van der Waals surface area (Å²) in [6.07, 6.45) is 0. The number of rotatable bonds is 10. The lowest BCUT2D eigenvalue weighted by molar-refractivity contribution is 0.0409. The minimum Gasteiger partial charge on any atom is -0.491 e. The lowest BCUT2D eigenvalue weighted by Gasteiger charge is -2.08. The number of carbonyl (C=O) groups is 1. The molecule has 0 amide bonds. The van der Waals surface area contributed by atoms with Crippen LogP contribution in [0.1, 0.15) is 17.3 Å². The molecule has 0 aliphatic rings. The fraction of sp³-hybridized carbons (Fsp3) is 0.129. The van der Waals surface area contributed by atoms with E-state index in [0.29, 0.717) is 36.4 Å². The Morgan fingerprint density at radius 2 is 1.34 bits per heavy atom. The number of para-hydroxylation sites is 1. The van der Waals surface area contributed by atoms with Crippen LogP contribution in [0.4, 0.5) is 0 Å². The van der Waals surface area contributed by atoms with E-state index in [0.717, 1.165) is 42.9 Å². The molecule has 41 heavy (non-hydrogen) atoms. The second kappa shape index (κ2) is 12.1. The second-order valence-electron chi connectivity index (χ2n) is 8.97. The minimum atomic E-state index is -0.533. The zero-order valence-corrected chi connectivity index (χ0v) is 23.0. The first-order chi connectivity index (χ1) is 20.2. The van der Waals surface area contributed by atoms with Crippen molar-refractivity contribution in [2.24, 2.45) is 0 Å². The van der Waals surface area contributed by atoms with Gasteiger partial charge in [-0.2, -0.15) is 0 Å². The number of aromatic nitrogens is 5. The van der Waals surface area contributed by atoms with Crippen LogP contribution >= 0.6 is 11.3 Å². The fourth-order valence-corrected chi connectivity index (χ4v) is 5.02. The average molecular weight is 564 g/mol. The van der Waals surface area contributed by atoms with Gasteiger partial charge >= 0.3 is 5.97 Å². The van der Waals surface area contributed by atoms with Crippen molar-refractivity contribution in [2.75, 3.05) is 19.8 Å². The molecule has 0 fully saturated rings. The molecule has 0 radical (unpaired) electrons. The predicted octanol–water partition coefficient (Wildman–Crippen LogP) is 5.97. The van der Waals surface area contributed by atoms with E-state index in [1.165, 1.54) is 11.3 Å². The summed E-state index contributed by atoms with van der Waals surface area (Å²) in [5.74, 6) is 0.286. The number of hydrogen-bond donors (Lipinski definition) is 0. The fourth-order valence-electron chi connectivity index (χ4n) is 4.16. The highest BCUT2D eigenvalue weighted by molar-refractivity contribution is 7.17. The number of benzene rings is 4. The van der Waals surface area contributed by atoms with E-state index in [1.807, 2.05) is 67.6 Å². The van der Waals surface area contributed by atoms with Crippen LogP contribution in [-0.4, -0.2) is 51.1 Å². The molecule has 0 N–H and O–H groups in total. The van der Waals surface area contributed by atoms with Gasteiger partial charge in [0.1, 0.15) is 33.4 Å². The first-order valence-corrected chi connectivity index (χ1v) is 13.9. The van der Waals surface area contributed by atoms with Crippen molar-refractivity contribution in [3.8, 4) is 38.0 Å². The monoisotopic (exact) mass is 563 g/mol. The van der Waals surface area contributed by atoms with Crippen molar-refractivity contribution in [3.05, 3.63) is 103 Å². The molecule has 0 saturated carbocycles. The number of nitrogens with zero attached hydrogens (tertiary/aromatic N) is 5. The van der Waals surface area contributed by atoms with Crippen LogP contribution in [0.2, 0.25) is 0 Å². The molecule has 6 aromatic rings. The van der Waals surface area contributed by atoms with E-state index in [9.17, 15) is 4.79 Å². The van der Waals surface area contributed by atoms with Gasteiger partial charge in [-0.3, -0.25) is 0 Å². The van der Waals surface area contributed by atoms with Gasteiger partial charge in [-0.15, -0.1) is 15.3 Å². The summed E-state index contributed by atoms with van der Waals surface area (Å²) in [5, 5.41) is 18.2. The van der Waals surface area contributed by atoms with Gasteiger partial charge in [0.2, 0.25) is 0 Å². The Hall–Kier alpha value is -4.93. The first-order valence-electron chi connectivity index (χ1n) is 13.1. The molecule has 204 valence electrons. The van der Waals surface area contributed by atoms with Crippen LogP contribution < -0.4 is 9.57 Å². The Labute approximate surface area is 239 Å². The van der Waals surface area contributed by atoms with Crippen molar-refractivity contribution in [3.63, 3.8) is 0 Å². The Balaban J connectivity index is 1.09. The lowest BCUT2D eigenvalue weighted by Crippen LogP contribution is -2.20. The summed E-state index contributed by atoms with van der Waals surface area (Å²) in [5.41, 5.74) is 5.68. The maximum Gasteiger partial charge on any atom is 0.365 e. The lowest BCUT2D eigenvalue weighted by atomic mass is 10.0. The van der Waals surface area contributed by atoms with E-state index in [1.54, 1.807) is 24.3 Å². The van der Waals surface area contributed by atoms with Crippen LogP contribution in [-0.2, 0) is 4.74 Å². The third-order valence-corrected chi connectivity index (χ3v) is 7.32. The van der Waals surface area contributed by atoms with E-state index in [2.05, 4.69) is 32.6 Å².